The maximum absolute atomic E-state index is 4.20. The van der Waals surface area contributed by atoms with Crippen molar-refractivity contribution in [2.24, 2.45) is 7.05 Å². The zero-order chi connectivity index (χ0) is 11.7. The highest BCUT2D eigenvalue weighted by Crippen LogP contribution is 2.18. The maximum atomic E-state index is 4.20. The largest absolute Gasteiger partial charge is 0.377 e. The van der Waals surface area contributed by atoms with Gasteiger partial charge in [0.2, 0.25) is 0 Å². The van der Waals surface area contributed by atoms with E-state index in [0.29, 0.717) is 6.54 Å². The number of nitrogens with one attached hydrogen (secondary N) is 2. The summed E-state index contributed by atoms with van der Waals surface area (Å²) in [7, 11) is 1.79. The molecule has 3 rings (SSSR count). The Bertz CT molecular complexity index is 639. The van der Waals surface area contributed by atoms with E-state index >= 15 is 0 Å². The number of H-pyrrole nitrogens is 1. The van der Waals surface area contributed by atoms with E-state index in [1.54, 1.807) is 25.6 Å². The van der Waals surface area contributed by atoms with E-state index < -0.39 is 0 Å². The van der Waals surface area contributed by atoms with Crippen molar-refractivity contribution in [1.29, 1.82) is 0 Å². The van der Waals surface area contributed by atoms with Crippen LogP contribution in [-0.2, 0) is 13.6 Å². The second kappa shape index (κ2) is 3.85. The quantitative estimate of drug-likeness (QED) is 0.690. The number of aryl methyl sites for hydroxylation is 1. The van der Waals surface area contributed by atoms with Crippen LogP contribution in [0, 0.1) is 0 Å². The first-order valence-electron chi connectivity index (χ1n) is 5.20. The molecule has 17 heavy (non-hydrogen) atoms. The maximum Gasteiger partial charge on any atom is 0.110 e. The van der Waals surface area contributed by atoms with Gasteiger partial charge in [0.1, 0.15) is 16.7 Å². The van der Waals surface area contributed by atoms with Crippen LogP contribution in [0.25, 0.3) is 11.0 Å². The standard InChI is InChI=1S/C10H11N7/c1-17-14-5-7(16-17)4-12-8-2-3-11-9-6-13-15-10(8)9/h2-3,5-6H,4H2,1H3,(H,11,12)(H,13,15). The van der Waals surface area contributed by atoms with E-state index in [9.17, 15) is 0 Å². The molecule has 86 valence electrons. The number of aromatic amines is 1. The van der Waals surface area contributed by atoms with Gasteiger partial charge in [0.25, 0.3) is 0 Å². The van der Waals surface area contributed by atoms with Crippen LogP contribution < -0.4 is 5.32 Å². The first-order chi connectivity index (χ1) is 8.33. The number of hydrogen-bond donors (Lipinski definition) is 2. The van der Waals surface area contributed by atoms with Crippen LogP contribution in [-0.4, -0.2) is 30.2 Å². The molecule has 0 aliphatic carbocycles. The van der Waals surface area contributed by atoms with E-state index in [1.807, 2.05) is 6.07 Å². The van der Waals surface area contributed by atoms with Gasteiger partial charge in [0.15, 0.2) is 0 Å². The van der Waals surface area contributed by atoms with Gasteiger partial charge >= 0.3 is 0 Å². The lowest BCUT2D eigenvalue weighted by molar-refractivity contribution is 0.646. The van der Waals surface area contributed by atoms with E-state index in [0.717, 1.165) is 22.4 Å². The summed E-state index contributed by atoms with van der Waals surface area (Å²) in [5, 5.41) is 18.4. The number of pyridine rings is 1. The van der Waals surface area contributed by atoms with Crippen LogP contribution in [0.4, 0.5) is 5.69 Å². The van der Waals surface area contributed by atoms with Crippen molar-refractivity contribution in [2.45, 2.75) is 6.54 Å². The van der Waals surface area contributed by atoms with E-state index in [-0.39, 0.29) is 0 Å². The lowest BCUT2D eigenvalue weighted by Crippen LogP contribution is -2.02. The predicted molar refractivity (Wildman–Crippen MR) is 62.2 cm³/mol. The lowest BCUT2D eigenvalue weighted by atomic mass is 10.3. The number of hydrogen-bond acceptors (Lipinski definition) is 5. The van der Waals surface area contributed by atoms with Gasteiger partial charge in [-0.25, -0.2) is 0 Å². The SMILES string of the molecule is Cn1ncc(CNc2ccnc3cn[nH]c23)n1. The molecule has 0 radical (unpaired) electrons. The fraction of sp³-hybridized carbons (Fsp3) is 0.200. The predicted octanol–water partition coefficient (Wildman–Crippen LogP) is 0.698. The fourth-order valence-electron chi connectivity index (χ4n) is 1.65. The van der Waals surface area contributed by atoms with Crippen LogP contribution in [0.1, 0.15) is 5.69 Å². The van der Waals surface area contributed by atoms with Gasteiger partial charge in [-0.3, -0.25) is 10.1 Å². The molecule has 0 saturated carbocycles. The molecule has 0 spiro atoms. The molecule has 3 aromatic heterocycles. The molecule has 3 aromatic rings. The van der Waals surface area contributed by atoms with Crippen molar-refractivity contribution in [2.75, 3.05) is 5.32 Å². The number of aromatic nitrogens is 6. The van der Waals surface area contributed by atoms with E-state index in [4.69, 9.17) is 0 Å². The molecule has 7 heteroatoms. The van der Waals surface area contributed by atoms with Crippen molar-refractivity contribution in [3.63, 3.8) is 0 Å². The molecule has 3 heterocycles. The molecule has 0 atom stereocenters. The minimum absolute atomic E-state index is 0.617. The first kappa shape index (κ1) is 9.76. The zero-order valence-corrected chi connectivity index (χ0v) is 9.25. The Hall–Kier alpha value is -2.44. The third kappa shape index (κ3) is 1.82. The van der Waals surface area contributed by atoms with Gasteiger partial charge in [-0.2, -0.15) is 20.1 Å². The van der Waals surface area contributed by atoms with Crippen LogP contribution in [0.15, 0.2) is 24.7 Å². The number of fused-ring (bicyclic) bond motifs is 1. The lowest BCUT2D eigenvalue weighted by Gasteiger charge is -2.04. The molecule has 2 N–H and O–H groups in total. The molecule has 0 bridgehead atoms. The second-order valence-corrected chi connectivity index (χ2v) is 3.67. The summed E-state index contributed by atoms with van der Waals surface area (Å²) < 4.78 is 0. The number of rotatable bonds is 3. The highest BCUT2D eigenvalue weighted by Gasteiger charge is 2.04. The Labute approximate surface area is 96.9 Å². The average molecular weight is 229 g/mol. The molecule has 0 aliphatic rings. The summed E-state index contributed by atoms with van der Waals surface area (Å²) in [6.07, 6.45) is 5.18. The van der Waals surface area contributed by atoms with Crippen molar-refractivity contribution >= 4 is 16.7 Å². The molecule has 7 nitrogen and oxygen atoms in total. The molecule has 0 unspecified atom stereocenters. The van der Waals surface area contributed by atoms with Gasteiger partial charge < -0.3 is 5.32 Å². The normalized spacial score (nSPS) is 10.9. The van der Waals surface area contributed by atoms with Gasteiger partial charge in [-0.05, 0) is 6.07 Å². The Kier molecular flexibility index (Phi) is 2.21. The molecule has 0 amide bonds. The van der Waals surface area contributed by atoms with Crippen LogP contribution >= 0.6 is 0 Å². The average Bonchev–Trinajstić information content (AvgIpc) is 2.94. The highest BCUT2D eigenvalue weighted by molar-refractivity contribution is 5.86. The summed E-state index contributed by atoms with van der Waals surface area (Å²) in [5.41, 5.74) is 3.58. The molecular weight excluding hydrogens is 218 g/mol. The molecule has 0 fully saturated rings. The monoisotopic (exact) mass is 229 g/mol. The summed E-state index contributed by atoms with van der Waals surface area (Å²) in [4.78, 5) is 5.73. The molecule has 0 aromatic carbocycles. The van der Waals surface area contributed by atoms with E-state index in [1.165, 1.54) is 4.80 Å². The second-order valence-electron chi connectivity index (χ2n) is 3.67. The molecule has 0 aliphatic heterocycles. The van der Waals surface area contributed by atoms with Crippen LogP contribution in [0.2, 0.25) is 0 Å². The fourth-order valence-corrected chi connectivity index (χ4v) is 1.65. The van der Waals surface area contributed by atoms with E-state index in [2.05, 4.69) is 30.7 Å². The van der Waals surface area contributed by atoms with Crippen molar-refractivity contribution in [3.05, 3.63) is 30.4 Å². The van der Waals surface area contributed by atoms with Gasteiger partial charge in [0, 0.05) is 13.2 Å². The number of nitrogens with zero attached hydrogens (tertiary/aromatic N) is 5. The highest BCUT2D eigenvalue weighted by atomic mass is 15.4. The Balaban J connectivity index is 1.83. The third-order valence-electron chi connectivity index (χ3n) is 2.45. The Morgan fingerprint density at radius 1 is 1.41 bits per heavy atom. The van der Waals surface area contributed by atoms with Crippen molar-refractivity contribution < 1.29 is 0 Å². The van der Waals surface area contributed by atoms with Crippen molar-refractivity contribution in [1.82, 2.24) is 30.2 Å². The van der Waals surface area contributed by atoms with Crippen molar-refractivity contribution in [3.8, 4) is 0 Å². The van der Waals surface area contributed by atoms with Crippen LogP contribution in [0.5, 0.6) is 0 Å². The number of anilines is 1. The third-order valence-corrected chi connectivity index (χ3v) is 2.45. The summed E-state index contributed by atoms with van der Waals surface area (Å²) in [6, 6.07) is 1.90. The topological polar surface area (TPSA) is 84.3 Å². The first-order valence-corrected chi connectivity index (χ1v) is 5.20. The Morgan fingerprint density at radius 2 is 2.35 bits per heavy atom. The molecular formula is C10H11N7. The minimum Gasteiger partial charge on any atom is -0.377 e. The van der Waals surface area contributed by atoms with Gasteiger partial charge in [-0.15, -0.1) is 0 Å². The minimum atomic E-state index is 0.617. The van der Waals surface area contributed by atoms with Gasteiger partial charge in [0.05, 0.1) is 24.6 Å². The van der Waals surface area contributed by atoms with Crippen LogP contribution in [0.3, 0.4) is 0 Å². The summed E-state index contributed by atoms with van der Waals surface area (Å²) >= 11 is 0. The molecule has 0 saturated heterocycles. The summed E-state index contributed by atoms with van der Waals surface area (Å²) in [5.74, 6) is 0. The zero-order valence-electron chi connectivity index (χ0n) is 9.25. The van der Waals surface area contributed by atoms with Gasteiger partial charge in [-0.1, -0.05) is 0 Å². The Morgan fingerprint density at radius 3 is 3.18 bits per heavy atom. The summed E-state index contributed by atoms with van der Waals surface area (Å²) in [6.45, 7) is 0.617. The smallest absolute Gasteiger partial charge is 0.110 e.